The maximum atomic E-state index is 11.9. The average Bonchev–Trinajstić information content (AvgIpc) is 2.94. The zero-order chi connectivity index (χ0) is 28.7. The van der Waals surface area contributed by atoms with E-state index >= 15 is 0 Å². The summed E-state index contributed by atoms with van der Waals surface area (Å²) < 4.78 is 4.42. The quantitative estimate of drug-likeness (QED) is 0.0699. The van der Waals surface area contributed by atoms with E-state index in [1.54, 1.807) is 0 Å². The molecule has 39 heavy (non-hydrogen) atoms. The Morgan fingerprint density at radius 1 is 0.615 bits per heavy atom. The lowest BCUT2D eigenvalue weighted by Gasteiger charge is -2.07. The highest BCUT2D eigenvalue weighted by molar-refractivity contribution is 5.94. The molecule has 0 saturated carbocycles. The fraction of sp³-hybridized carbons (Fsp3) is 0.469. The molecule has 0 aliphatic heterocycles. The summed E-state index contributed by atoms with van der Waals surface area (Å²) in [6, 6.07) is 0. The van der Waals surface area contributed by atoms with Crippen LogP contribution in [0.1, 0.15) is 64.7 Å². The van der Waals surface area contributed by atoms with Crippen molar-refractivity contribution in [2.24, 2.45) is 0 Å². The minimum absolute atomic E-state index is 0.0426. The molecule has 0 aliphatic carbocycles. The molecule has 7 nitrogen and oxygen atoms in total. The van der Waals surface area contributed by atoms with Crippen molar-refractivity contribution in [2.45, 2.75) is 64.7 Å². The van der Waals surface area contributed by atoms with Crippen LogP contribution in [0.25, 0.3) is 0 Å². The first kappa shape index (κ1) is 35.5. The van der Waals surface area contributed by atoms with Crippen molar-refractivity contribution < 1.29 is 19.1 Å². The normalized spacial score (nSPS) is 12.4. The lowest BCUT2D eigenvalue weighted by Crippen LogP contribution is -2.33. The molecule has 0 radical (unpaired) electrons. The molecule has 0 fully saturated rings. The molecule has 0 heterocycles. The number of esters is 1. The van der Waals surface area contributed by atoms with Gasteiger partial charge in [-0.15, -0.1) is 0 Å². The van der Waals surface area contributed by atoms with E-state index in [4.69, 9.17) is 0 Å². The third kappa shape index (κ3) is 29.0. The topological polar surface area (TPSA) is 96.5 Å². The second-order valence-electron chi connectivity index (χ2n) is 8.55. The number of carbonyl (C=O) groups excluding carboxylic acids is 3. The van der Waals surface area contributed by atoms with Crippen molar-refractivity contribution in [3.63, 3.8) is 0 Å². The van der Waals surface area contributed by atoms with Crippen molar-refractivity contribution in [1.82, 2.24) is 16.0 Å². The van der Waals surface area contributed by atoms with Crippen LogP contribution in [0.4, 0.5) is 0 Å². The molecule has 0 spiro atoms. The van der Waals surface area contributed by atoms with Crippen LogP contribution in [0.2, 0.25) is 0 Å². The number of hydrogen-bond donors (Lipinski definition) is 3. The molecule has 0 bridgehead atoms. The number of allylic oxidation sites excluding steroid dienone is 12. The molecule has 7 heteroatoms. The van der Waals surface area contributed by atoms with Gasteiger partial charge in [-0.1, -0.05) is 79.8 Å². The van der Waals surface area contributed by atoms with Crippen LogP contribution in [0, 0.1) is 0 Å². The molecule has 0 rings (SSSR count). The summed E-state index contributed by atoms with van der Waals surface area (Å²) in [6.45, 7) is 4.59. The second kappa shape index (κ2) is 29.1. The van der Waals surface area contributed by atoms with Gasteiger partial charge in [-0.05, 0) is 57.9 Å². The van der Waals surface area contributed by atoms with Crippen molar-refractivity contribution in [2.75, 3.05) is 33.3 Å². The Morgan fingerprint density at radius 2 is 1.15 bits per heavy atom. The summed E-state index contributed by atoms with van der Waals surface area (Å²) in [5.74, 6) is -0.855. The van der Waals surface area contributed by atoms with Crippen molar-refractivity contribution in [1.29, 1.82) is 0 Å². The number of ether oxygens (including phenoxy) is 1. The predicted molar refractivity (Wildman–Crippen MR) is 162 cm³/mol. The predicted octanol–water partition coefficient (Wildman–Crippen LogP) is 5.41. The average molecular weight is 540 g/mol. The maximum absolute atomic E-state index is 11.9. The highest BCUT2D eigenvalue weighted by atomic mass is 16.5. The molecule has 0 aliphatic rings. The highest BCUT2D eigenvalue weighted by Crippen LogP contribution is 1.97. The first-order chi connectivity index (χ1) is 19.1. The smallest absolute Gasteiger partial charge is 0.330 e. The zero-order valence-corrected chi connectivity index (χ0v) is 23.9. The SMILES string of the molecule is CC/C=C\C/C=C\C/C=C\C/C=C\C/C=C\C/C=C\CCC(=O)NCCNCCCNC(=O)/C=C/C(=O)OC. The van der Waals surface area contributed by atoms with Gasteiger partial charge < -0.3 is 20.7 Å². The van der Waals surface area contributed by atoms with E-state index in [0.717, 1.165) is 70.1 Å². The lowest BCUT2D eigenvalue weighted by atomic mass is 10.2. The molecular weight excluding hydrogens is 490 g/mol. The number of amides is 2. The number of carbonyl (C=O) groups is 3. The molecule has 0 saturated heterocycles. The standard InChI is InChI=1S/C32H49N3O4/c1-3-4-5-6-7-8-9-10-11-12-13-14-15-16-17-18-19-20-21-23-30(36)35-29-28-33-26-22-27-34-31(37)24-25-32(38)39-2/h4-5,7-8,10-11,13-14,16-17,19-20,24-25,33H,3,6,9,12,15,18,21-23,26-29H2,1-2H3,(H,34,37)(H,35,36)/b5-4-,8-7-,11-10-,14-13-,17-16-,20-19-,25-24+. The summed E-state index contributed by atoms with van der Waals surface area (Å²) in [6.07, 6.45) is 36.1. The molecule has 0 aromatic carbocycles. The van der Waals surface area contributed by atoms with Crippen molar-refractivity contribution in [3.8, 4) is 0 Å². The third-order valence-electron chi connectivity index (χ3n) is 5.16. The molecule has 3 N–H and O–H groups in total. The minimum Gasteiger partial charge on any atom is -0.466 e. The summed E-state index contributed by atoms with van der Waals surface area (Å²) in [7, 11) is 1.26. The maximum Gasteiger partial charge on any atom is 0.330 e. The van der Waals surface area contributed by atoms with Crippen LogP contribution >= 0.6 is 0 Å². The summed E-state index contributed by atoms with van der Waals surface area (Å²) >= 11 is 0. The fourth-order valence-electron chi connectivity index (χ4n) is 3.05. The summed E-state index contributed by atoms with van der Waals surface area (Å²) in [5, 5.41) is 8.78. The molecule has 0 aromatic rings. The Balaban J connectivity index is 3.57. The van der Waals surface area contributed by atoms with Crippen LogP contribution < -0.4 is 16.0 Å². The number of methoxy groups -OCH3 is 1. The molecule has 0 atom stereocenters. The zero-order valence-electron chi connectivity index (χ0n) is 23.9. The van der Waals surface area contributed by atoms with Gasteiger partial charge in [0.05, 0.1) is 7.11 Å². The Morgan fingerprint density at radius 3 is 1.69 bits per heavy atom. The summed E-state index contributed by atoms with van der Waals surface area (Å²) in [4.78, 5) is 34.2. The van der Waals surface area contributed by atoms with Gasteiger partial charge in [0.25, 0.3) is 0 Å². The van der Waals surface area contributed by atoms with E-state index in [0.29, 0.717) is 26.1 Å². The van der Waals surface area contributed by atoms with Crippen LogP contribution in [0.15, 0.2) is 85.1 Å². The van der Waals surface area contributed by atoms with Crippen molar-refractivity contribution >= 4 is 17.8 Å². The van der Waals surface area contributed by atoms with Crippen molar-refractivity contribution in [3.05, 3.63) is 85.1 Å². The van der Waals surface area contributed by atoms with Crippen LogP contribution in [0.5, 0.6) is 0 Å². The largest absolute Gasteiger partial charge is 0.466 e. The van der Waals surface area contributed by atoms with E-state index in [-0.39, 0.29) is 11.8 Å². The number of rotatable bonds is 23. The number of hydrogen-bond acceptors (Lipinski definition) is 5. The van der Waals surface area contributed by atoms with Gasteiger partial charge in [0.15, 0.2) is 0 Å². The first-order valence-electron chi connectivity index (χ1n) is 14.0. The Labute approximate surface area is 235 Å². The molecule has 216 valence electrons. The fourth-order valence-corrected chi connectivity index (χ4v) is 3.05. The van der Waals surface area contributed by atoms with Gasteiger partial charge in [0, 0.05) is 38.2 Å². The third-order valence-corrected chi connectivity index (χ3v) is 5.16. The Hall–Kier alpha value is -3.45. The van der Waals surface area contributed by atoms with Gasteiger partial charge in [-0.2, -0.15) is 0 Å². The monoisotopic (exact) mass is 539 g/mol. The first-order valence-corrected chi connectivity index (χ1v) is 14.0. The summed E-state index contributed by atoms with van der Waals surface area (Å²) in [5.41, 5.74) is 0. The van der Waals surface area contributed by atoms with Gasteiger partial charge in [0.2, 0.25) is 11.8 Å². The molecular formula is C32H49N3O4. The van der Waals surface area contributed by atoms with Gasteiger partial charge in [-0.25, -0.2) is 4.79 Å². The lowest BCUT2D eigenvalue weighted by molar-refractivity contribution is -0.135. The van der Waals surface area contributed by atoms with E-state index < -0.39 is 5.97 Å². The molecule has 0 aromatic heterocycles. The number of nitrogens with one attached hydrogen (secondary N) is 3. The Kier molecular flexibility index (Phi) is 26.5. The van der Waals surface area contributed by atoms with Gasteiger partial charge >= 0.3 is 5.97 Å². The Bertz CT molecular complexity index is 851. The van der Waals surface area contributed by atoms with Crippen LogP contribution in [-0.2, 0) is 19.1 Å². The van der Waals surface area contributed by atoms with E-state index in [9.17, 15) is 14.4 Å². The van der Waals surface area contributed by atoms with E-state index in [1.165, 1.54) is 7.11 Å². The second-order valence-corrected chi connectivity index (χ2v) is 8.55. The minimum atomic E-state index is -0.564. The van der Waals surface area contributed by atoms with Crippen LogP contribution in [0.3, 0.4) is 0 Å². The molecule has 2 amide bonds. The van der Waals surface area contributed by atoms with Crippen LogP contribution in [-0.4, -0.2) is 51.1 Å². The van der Waals surface area contributed by atoms with Gasteiger partial charge in [0.1, 0.15) is 0 Å². The van der Waals surface area contributed by atoms with E-state index in [2.05, 4.69) is 94.4 Å². The molecule has 0 unspecified atom stereocenters. The van der Waals surface area contributed by atoms with Gasteiger partial charge in [-0.3, -0.25) is 9.59 Å². The van der Waals surface area contributed by atoms with E-state index in [1.807, 2.05) is 6.08 Å². The highest BCUT2D eigenvalue weighted by Gasteiger charge is 1.99.